The summed E-state index contributed by atoms with van der Waals surface area (Å²) in [5.74, 6) is 1.74. The van der Waals surface area contributed by atoms with Crippen molar-refractivity contribution in [3.05, 3.63) is 23.8 Å². The van der Waals surface area contributed by atoms with Crippen molar-refractivity contribution in [3.8, 4) is 11.5 Å². The van der Waals surface area contributed by atoms with Crippen LogP contribution in [0.15, 0.2) is 18.2 Å². The van der Waals surface area contributed by atoms with Crippen molar-refractivity contribution < 1.29 is 19.1 Å². The van der Waals surface area contributed by atoms with Crippen LogP contribution >= 0.6 is 0 Å². The molecule has 128 valence electrons. The average Bonchev–Trinajstić information content (AvgIpc) is 3.05. The summed E-state index contributed by atoms with van der Waals surface area (Å²) < 4.78 is 10.5. The van der Waals surface area contributed by atoms with Crippen LogP contribution in [0, 0.1) is 5.92 Å². The van der Waals surface area contributed by atoms with Crippen LogP contribution in [0.3, 0.4) is 0 Å². The summed E-state index contributed by atoms with van der Waals surface area (Å²) >= 11 is 0. The molecule has 2 amide bonds. The number of carbonyl (C=O) groups excluding carboxylic acids is 1. The van der Waals surface area contributed by atoms with Gasteiger partial charge in [-0.15, -0.1) is 0 Å². The van der Waals surface area contributed by atoms with Gasteiger partial charge in [0.25, 0.3) is 0 Å². The van der Waals surface area contributed by atoms with Gasteiger partial charge in [-0.2, -0.15) is 0 Å². The Labute approximate surface area is 136 Å². The number of carbonyl (C=O) groups is 1. The summed E-state index contributed by atoms with van der Waals surface area (Å²) in [5.41, 5.74) is 3.87. The number of benzene rings is 1. The van der Waals surface area contributed by atoms with Gasteiger partial charge in [0.05, 0.1) is 26.9 Å². The van der Waals surface area contributed by atoms with Crippen molar-refractivity contribution in [2.45, 2.75) is 19.4 Å². The van der Waals surface area contributed by atoms with Crippen LogP contribution in [0.2, 0.25) is 0 Å². The van der Waals surface area contributed by atoms with E-state index in [4.69, 9.17) is 14.3 Å². The molecule has 0 aromatic heterocycles. The first-order valence-electron chi connectivity index (χ1n) is 7.72. The van der Waals surface area contributed by atoms with Crippen LogP contribution in [0.1, 0.15) is 12.5 Å². The van der Waals surface area contributed by atoms with E-state index < -0.39 is 0 Å². The highest BCUT2D eigenvalue weighted by molar-refractivity contribution is 5.74. The van der Waals surface area contributed by atoms with Crippen LogP contribution in [0.4, 0.5) is 4.79 Å². The van der Waals surface area contributed by atoms with Gasteiger partial charge in [0, 0.05) is 13.1 Å². The Bertz CT molecular complexity index is 518. The zero-order chi connectivity index (χ0) is 16.7. The van der Waals surface area contributed by atoms with Crippen molar-refractivity contribution >= 4 is 6.03 Å². The zero-order valence-corrected chi connectivity index (χ0v) is 13.8. The number of hydrogen-bond acceptors (Lipinski definition) is 5. The molecular weight excluding hydrogens is 298 g/mol. The molecule has 0 radical (unpaired) electrons. The fraction of sp³-hybridized carbons (Fsp3) is 0.562. The standard InChI is InChI=1S/C16H25N3O4/c1-11(8-17-16(20)19-13-9-18-23-10-13)6-12-4-5-14(21-2)15(7-12)22-3/h4-5,7,11,13,18H,6,8-10H2,1-3H3,(H2,17,19,20)/t11?,13-/m0/s1. The Balaban J connectivity index is 1.77. The van der Waals surface area contributed by atoms with Gasteiger partial charge in [-0.1, -0.05) is 13.0 Å². The molecule has 3 N–H and O–H groups in total. The van der Waals surface area contributed by atoms with E-state index in [1.165, 1.54) is 0 Å². The van der Waals surface area contributed by atoms with Gasteiger partial charge in [-0.25, -0.2) is 10.3 Å². The first kappa shape index (κ1) is 17.4. The second-order valence-corrected chi connectivity index (χ2v) is 5.71. The Morgan fingerprint density at radius 2 is 2.17 bits per heavy atom. The molecule has 2 rings (SSSR count). The van der Waals surface area contributed by atoms with Crippen LogP contribution in [0.5, 0.6) is 11.5 Å². The molecule has 1 saturated heterocycles. The Morgan fingerprint density at radius 3 is 2.83 bits per heavy atom. The summed E-state index contributed by atoms with van der Waals surface area (Å²) in [7, 11) is 3.24. The van der Waals surface area contributed by atoms with Crippen LogP contribution < -0.4 is 25.6 Å². The third-order valence-electron chi connectivity index (χ3n) is 3.69. The van der Waals surface area contributed by atoms with E-state index in [1.807, 2.05) is 18.2 Å². The number of hydroxylamine groups is 1. The third kappa shape index (κ3) is 5.30. The lowest BCUT2D eigenvalue weighted by molar-refractivity contribution is 0.0995. The molecule has 0 bridgehead atoms. The molecule has 0 saturated carbocycles. The SMILES string of the molecule is COc1ccc(CC(C)CNC(=O)N[C@H]2CNOC2)cc1OC. The lowest BCUT2D eigenvalue weighted by atomic mass is 10.0. The molecule has 0 aliphatic carbocycles. The minimum absolute atomic E-state index is 0.0242. The molecule has 7 heteroatoms. The van der Waals surface area contributed by atoms with Gasteiger partial charge in [0.15, 0.2) is 11.5 Å². The topological polar surface area (TPSA) is 80.9 Å². The summed E-state index contributed by atoms with van der Waals surface area (Å²) in [5, 5.41) is 5.75. The molecule has 7 nitrogen and oxygen atoms in total. The van der Waals surface area contributed by atoms with E-state index >= 15 is 0 Å². The van der Waals surface area contributed by atoms with E-state index in [0.717, 1.165) is 17.7 Å². The molecule has 1 aliphatic heterocycles. The highest BCUT2D eigenvalue weighted by Crippen LogP contribution is 2.28. The third-order valence-corrected chi connectivity index (χ3v) is 3.69. The van der Waals surface area contributed by atoms with E-state index in [-0.39, 0.29) is 12.1 Å². The van der Waals surface area contributed by atoms with E-state index in [2.05, 4.69) is 23.0 Å². The smallest absolute Gasteiger partial charge is 0.315 e. The van der Waals surface area contributed by atoms with Crippen molar-refractivity contribution in [3.63, 3.8) is 0 Å². The van der Waals surface area contributed by atoms with E-state index in [0.29, 0.717) is 31.4 Å². The molecule has 1 aromatic rings. The van der Waals surface area contributed by atoms with Gasteiger partial charge < -0.3 is 20.1 Å². The van der Waals surface area contributed by atoms with Gasteiger partial charge in [-0.3, -0.25) is 4.84 Å². The molecular formula is C16H25N3O4. The zero-order valence-electron chi connectivity index (χ0n) is 13.8. The quantitative estimate of drug-likeness (QED) is 0.700. The number of rotatable bonds is 7. The van der Waals surface area contributed by atoms with Gasteiger partial charge >= 0.3 is 6.03 Å². The molecule has 2 atom stereocenters. The van der Waals surface area contributed by atoms with Crippen molar-refractivity contribution in [2.24, 2.45) is 5.92 Å². The minimum Gasteiger partial charge on any atom is -0.493 e. The normalized spacial score (nSPS) is 18.3. The largest absolute Gasteiger partial charge is 0.493 e. The number of urea groups is 1. The molecule has 0 spiro atoms. The predicted molar refractivity (Wildman–Crippen MR) is 86.7 cm³/mol. The van der Waals surface area contributed by atoms with Crippen molar-refractivity contribution in [1.82, 2.24) is 16.1 Å². The van der Waals surface area contributed by atoms with Crippen LogP contribution in [0.25, 0.3) is 0 Å². The van der Waals surface area contributed by atoms with Crippen molar-refractivity contribution in [2.75, 3.05) is 33.9 Å². The fourth-order valence-corrected chi connectivity index (χ4v) is 2.46. The monoisotopic (exact) mass is 323 g/mol. The maximum Gasteiger partial charge on any atom is 0.315 e. The predicted octanol–water partition coefficient (Wildman–Crippen LogP) is 1.09. The summed E-state index contributed by atoms with van der Waals surface area (Å²) in [6.07, 6.45) is 0.842. The lowest BCUT2D eigenvalue weighted by Gasteiger charge is -2.16. The summed E-state index contributed by atoms with van der Waals surface area (Å²) in [6, 6.07) is 5.74. The van der Waals surface area contributed by atoms with Crippen LogP contribution in [-0.4, -0.2) is 46.0 Å². The lowest BCUT2D eigenvalue weighted by Crippen LogP contribution is -2.45. The minimum atomic E-state index is -0.165. The average molecular weight is 323 g/mol. The maximum absolute atomic E-state index is 11.8. The van der Waals surface area contributed by atoms with Crippen molar-refractivity contribution in [1.29, 1.82) is 0 Å². The molecule has 23 heavy (non-hydrogen) atoms. The van der Waals surface area contributed by atoms with Crippen LogP contribution in [-0.2, 0) is 11.3 Å². The summed E-state index contributed by atoms with van der Waals surface area (Å²) in [4.78, 5) is 16.8. The second kappa shape index (κ2) is 8.59. The highest BCUT2D eigenvalue weighted by atomic mass is 16.7. The first-order chi connectivity index (χ1) is 11.1. The number of hydrogen-bond donors (Lipinski definition) is 3. The molecule has 1 heterocycles. The van der Waals surface area contributed by atoms with Gasteiger partial charge in [0.1, 0.15) is 0 Å². The van der Waals surface area contributed by atoms with E-state index in [9.17, 15) is 4.79 Å². The number of methoxy groups -OCH3 is 2. The summed E-state index contributed by atoms with van der Waals surface area (Å²) in [6.45, 7) is 3.82. The second-order valence-electron chi connectivity index (χ2n) is 5.71. The highest BCUT2D eigenvalue weighted by Gasteiger charge is 2.17. The number of nitrogens with one attached hydrogen (secondary N) is 3. The molecule has 1 fully saturated rings. The maximum atomic E-state index is 11.8. The Hall–Kier alpha value is -1.99. The molecule has 1 aliphatic rings. The Kier molecular flexibility index (Phi) is 6.49. The van der Waals surface area contributed by atoms with Gasteiger partial charge in [-0.05, 0) is 30.0 Å². The first-order valence-corrected chi connectivity index (χ1v) is 7.72. The van der Waals surface area contributed by atoms with Gasteiger partial charge in [0.2, 0.25) is 0 Å². The molecule has 1 unspecified atom stereocenters. The molecule has 1 aromatic carbocycles. The fourth-order valence-electron chi connectivity index (χ4n) is 2.46. The number of amides is 2. The Morgan fingerprint density at radius 1 is 1.39 bits per heavy atom. The van der Waals surface area contributed by atoms with E-state index in [1.54, 1.807) is 14.2 Å². The number of ether oxygens (including phenoxy) is 2.